The van der Waals surface area contributed by atoms with Crippen molar-refractivity contribution in [1.29, 1.82) is 0 Å². The second kappa shape index (κ2) is 8.10. The number of benzene rings is 2. The van der Waals surface area contributed by atoms with E-state index in [0.29, 0.717) is 17.5 Å². The number of para-hydroxylation sites is 1. The number of rotatable bonds is 7. The lowest BCUT2D eigenvalue weighted by Crippen LogP contribution is -2.31. The first kappa shape index (κ1) is 18.6. The third-order valence-corrected chi connectivity index (χ3v) is 4.70. The predicted octanol–water partition coefficient (Wildman–Crippen LogP) is 2.99. The number of imide groups is 1. The van der Waals surface area contributed by atoms with Crippen molar-refractivity contribution in [3.63, 3.8) is 0 Å². The summed E-state index contributed by atoms with van der Waals surface area (Å²) < 4.78 is 6.99. The van der Waals surface area contributed by atoms with Crippen molar-refractivity contribution in [1.82, 2.24) is 14.7 Å². The van der Waals surface area contributed by atoms with E-state index in [1.807, 2.05) is 30.3 Å². The van der Waals surface area contributed by atoms with Crippen LogP contribution in [-0.2, 0) is 16.1 Å². The third kappa shape index (κ3) is 3.94. The molecule has 29 heavy (non-hydrogen) atoms. The van der Waals surface area contributed by atoms with Crippen molar-refractivity contribution >= 4 is 17.8 Å². The van der Waals surface area contributed by atoms with E-state index in [1.54, 1.807) is 41.3 Å². The van der Waals surface area contributed by atoms with Crippen molar-refractivity contribution < 1.29 is 19.1 Å². The number of hydrogen-bond donors (Lipinski definition) is 0. The average Bonchev–Trinajstić information content (AvgIpc) is 3.32. The molecule has 0 atom stereocenters. The first-order chi connectivity index (χ1) is 14.1. The minimum Gasteiger partial charge on any atom is -0.461 e. The molecule has 2 aromatic carbocycles. The summed E-state index contributed by atoms with van der Waals surface area (Å²) in [7, 11) is 0. The van der Waals surface area contributed by atoms with E-state index < -0.39 is 0 Å². The van der Waals surface area contributed by atoms with E-state index in [0.717, 1.165) is 11.3 Å². The highest BCUT2D eigenvalue weighted by molar-refractivity contribution is 6.21. The Hall–Kier alpha value is -3.74. The second-order valence-corrected chi connectivity index (χ2v) is 6.70. The number of fused-ring (bicyclic) bond motifs is 1. The van der Waals surface area contributed by atoms with Gasteiger partial charge in [0, 0.05) is 24.7 Å². The number of carbonyl (C=O) groups is 3. The summed E-state index contributed by atoms with van der Waals surface area (Å²) in [6.07, 6.45) is 3.94. The molecule has 0 fully saturated rings. The maximum atomic E-state index is 12.3. The molecule has 4 rings (SSSR count). The van der Waals surface area contributed by atoms with Crippen LogP contribution in [0.4, 0.5) is 0 Å². The molecular formula is C22H19N3O4. The molecule has 0 N–H and O–H groups in total. The van der Waals surface area contributed by atoms with E-state index in [1.165, 1.54) is 4.90 Å². The lowest BCUT2D eigenvalue weighted by atomic mass is 10.1. The largest absolute Gasteiger partial charge is 0.461 e. The van der Waals surface area contributed by atoms with Crippen LogP contribution in [0.2, 0.25) is 0 Å². The Balaban J connectivity index is 1.24. The highest BCUT2D eigenvalue weighted by Crippen LogP contribution is 2.22. The summed E-state index contributed by atoms with van der Waals surface area (Å²) in [5.41, 5.74) is 2.53. The Labute approximate surface area is 167 Å². The fraction of sp³-hybridized carbons (Fsp3) is 0.182. The van der Waals surface area contributed by atoms with E-state index >= 15 is 0 Å². The van der Waals surface area contributed by atoms with Gasteiger partial charge in [0.1, 0.15) is 6.61 Å². The van der Waals surface area contributed by atoms with Gasteiger partial charge in [-0.15, -0.1) is 0 Å². The van der Waals surface area contributed by atoms with Gasteiger partial charge in [0.15, 0.2) is 0 Å². The van der Waals surface area contributed by atoms with Crippen molar-refractivity contribution in [3.8, 4) is 5.69 Å². The number of ether oxygens (including phenoxy) is 1. The number of amides is 2. The van der Waals surface area contributed by atoms with Gasteiger partial charge in [0.05, 0.1) is 23.0 Å². The molecule has 146 valence electrons. The number of nitrogens with zero attached hydrogens (tertiary/aromatic N) is 3. The lowest BCUT2D eigenvalue weighted by Gasteiger charge is -2.13. The van der Waals surface area contributed by atoms with Gasteiger partial charge in [-0.3, -0.25) is 19.3 Å². The van der Waals surface area contributed by atoms with Gasteiger partial charge in [-0.2, -0.15) is 5.10 Å². The average molecular weight is 389 g/mol. The summed E-state index contributed by atoms with van der Waals surface area (Å²) in [5, 5.41) is 4.26. The SMILES string of the molecule is O=C(CCCN1C(=O)c2ccccc2C1=O)OCc1cnn(-c2ccccc2)c1. The molecule has 0 radical (unpaired) electrons. The quantitative estimate of drug-likeness (QED) is 0.458. The molecule has 1 aliphatic heterocycles. The fourth-order valence-corrected chi connectivity index (χ4v) is 3.22. The van der Waals surface area contributed by atoms with E-state index in [2.05, 4.69) is 5.10 Å². The van der Waals surface area contributed by atoms with Crippen molar-refractivity contribution in [2.24, 2.45) is 0 Å². The van der Waals surface area contributed by atoms with Gasteiger partial charge in [0.25, 0.3) is 11.8 Å². The van der Waals surface area contributed by atoms with Gasteiger partial charge in [0.2, 0.25) is 0 Å². The molecule has 0 spiro atoms. The summed E-state index contributed by atoms with van der Waals surface area (Å²) in [5.74, 6) is -1.01. The molecule has 7 heteroatoms. The van der Waals surface area contributed by atoms with Gasteiger partial charge in [-0.25, -0.2) is 4.68 Å². The molecule has 0 unspecified atom stereocenters. The molecule has 0 bridgehead atoms. The zero-order chi connectivity index (χ0) is 20.2. The molecule has 2 heterocycles. The summed E-state index contributed by atoms with van der Waals surface area (Å²) in [4.78, 5) is 37.8. The zero-order valence-corrected chi connectivity index (χ0v) is 15.7. The topological polar surface area (TPSA) is 81.5 Å². The highest BCUT2D eigenvalue weighted by Gasteiger charge is 2.34. The highest BCUT2D eigenvalue weighted by atomic mass is 16.5. The Morgan fingerprint density at radius 3 is 2.28 bits per heavy atom. The van der Waals surface area contributed by atoms with Crippen LogP contribution in [-0.4, -0.2) is 39.0 Å². The number of carbonyl (C=O) groups excluding carboxylic acids is 3. The molecule has 1 aliphatic rings. The molecule has 7 nitrogen and oxygen atoms in total. The maximum absolute atomic E-state index is 12.3. The Kier molecular flexibility index (Phi) is 5.20. The molecule has 0 saturated heterocycles. The van der Waals surface area contributed by atoms with E-state index in [9.17, 15) is 14.4 Å². The van der Waals surface area contributed by atoms with Crippen LogP contribution < -0.4 is 0 Å². The van der Waals surface area contributed by atoms with Crippen molar-refractivity contribution in [2.45, 2.75) is 19.4 Å². The first-order valence-electron chi connectivity index (χ1n) is 9.33. The van der Waals surface area contributed by atoms with Gasteiger partial charge < -0.3 is 4.74 Å². The Morgan fingerprint density at radius 2 is 1.59 bits per heavy atom. The third-order valence-electron chi connectivity index (χ3n) is 4.70. The van der Waals surface area contributed by atoms with Crippen LogP contribution in [0, 0.1) is 0 Å². The Bertz CT molecular complexity index is 1020. The minimum absolute atomic E-state index is 0.124. The fourth-order valence-electron chi connectivity index (χ4n) is 3.22. The lowest BCUT2D eigenvalue weighted by molar-refractivity contribution is -0.145. The Morgan fingerprint density at radius 1 is 0.931 bits per heavy atom. The summed E-state index contributed by atoms with van der Waals surface area (Å²) in [6, 6.07) is 16.4. The van der Waals surface area contributed by atoms with Crippen LogP contribution >= 0.6 is 0 Å². The molecule has 1 aromatic heterocycles. The first-order valence-corrected chi connectivity index (χ1v) is 9.33. The monoisotopic (exact) mass is 389 g/mol. The van der Waals surface area contributed by atoms with Crippen LogP contribution in [0.5, 0.6) is 0 Å². The molecule has 0 saturated carbocycles. The zero-order valence-electron chi connectivity index (χ0n) is 15.7. The van der Waals surface area contributed by atoms with Gasteiger partial charge in [-0.1, -0.05) is 30.3 Å². The van der Waals surface area contributed by atoms with Crippen LogP contribution in [0.15, 0.2) is 67.0 Å². The van der Waals surface area contributed by atoms with E-state index in [4.69, 9.17) is 4.74 Å². The molecular weight excluding hydrogens is 370 g/mol. The second-order valence-electron chi connectivity index (χ2n) is 6.70. The minimum atomic E-state index is -0.380. The number of aromatic nitrogens is 2. The standard InChI is InChI=1S/C22H19N3O4/c26-20(29-15-16-13-23-25(14-16)17-7-2-1-3-8-17)11-6-12-24-21(27)18-9-4-5-10-19(18)22(24)28/h1-5,7-10,13-14H,6,11-12,15H2. The molecule has 3 aromatic rings. The number of hydrogen-bond acceptors (Lipinski definition) is 5. The van der Waals surface area contributed by atoms with Crippen LogP contribution in [0.25, 0.3) is 5.69 Å². The van der Waals surface area contributed by atoms with Crippen molar-refractivity contribution in [2.75, 3.05) is 6.54 Å². The van der Waals surface area contributed by atoms with Crippen molar-refractivity contribution in [3.05, 3.63) is 83.7 Å². The molecule has 2 amide bonds. The smallest absolute Gasteiger partial charge is 0.306 e. The summed E-state index contributed by atoms with van der Waals surface area (Å²) >= 11 is 0. The molecule has 0 aliphatic carbocycles. The van der Waals surface area contributed by atoms with Gasteiger partial charge >= 0.3 is 5.97 Å². The predicted molar refractivity (Wildman–Crippen MR) is 104 cm³/mol. The van der Waals surface area contributed by atoms with Gasteiger partial charge in [-0.05, 0) is 30.7 Å². The normalized spacial score (nSPS) is 12.9. The van der Waals surface area contributed by atoms with Crippen LogP contribution in [0.1, 0.15) is 39.1 Å². The number of esters is 1. The van der Waals surface area contributed by atoms with Crippen LogP contribution in [0.3, 0.4) is 0 Å². The van der Waals surface area contributed by atoms with E-state index in [-0.39, 0.29) is 37.4 Å². The maximum Gasteiger partial charge on any atom is 0.306 e. The summed E-state index contributed by atoms with van der Waals surface area (Å²) in [6.45, 7) is 0.312.